The molecule has 0 aliphatic carbocycles. The molecule has 1 heterocycles. The van der Waals surface area contributed by atoms with Crippen LogP contribution in [0.3, 0.4) is 0 Å². The van der Waals surface area contributed by atoms with Crippen LogP contribution in [0.25, 0.3) is 0 Å². The molecule has 0 aliphatic rings. The quantitative estimate of drug-likeness (QED) is 0.749. The Balaban J connectivity index is 2.64. The lowest BCUT2D eigenvalue weighted by Crippen LogP contribution is -2.42. The third-order valence-corrected chi connectivity index (χ3v) is 2.82. The Kier molecular flexibility index (Phi) is 4.65. The number of esters is 1. The summed E-state index contributed by atoms with van der Waals surface area (Å²) >= 11 is 1.19. The molecule has 0 saturated carbocycles. The standard InChI is InChI=1S/C10H11NO5S/c1-16-8(12)5-6(10(14)15)11-9(13)7-3-2-4-17-7/h2-4,6H,5H2,1H3,(H,11,13)(H,14,15)/t6-/m0/s1. The van der Waals surface area contributed by atoms with Crippen molar-refractivity contribution in [2.75, 3.05) is 7.11 Å². The molecular formula is C10H11NO5S. The first-order chi connectivity index (χ1) is 8.04. The number of hydrogen-bond donors (Lipinski definition) is 2. The van der Waals surface area contributed by atoms with Crippen LogP contribution >= 0.6 is 11.3 Å². The van der Waals surface area contributed by atoms with Crippen LogP contribution in [0.15, 0.2) is 17.5 Å². The summed E-state index contributed by atoms with van der Waals surface area (Å²) in [6, 6.07) is 1.96. The molecule has 0 unspecified atom stereocenters. The van der Waals surface area contributed by atoms with Gasteiger partial charge in [0.1, 0.15) is 6.04 Å². The topological polar surface area (TPSA) is 92.7 Å². The van der Waals surface area contributed by atoms with E-state index in [-0.39, 0.29) is 0 Å². The molecule has 1 aromatic heterocycles. The van der Waals surface area contributed by atoms with Gasteiger partial charge in [0, 0.05) is 0 Å². The van der Waals surface area contributed by atoms with Gasteiger partial charge in [-0.2, -0.15) is 0 Å². The predicted octanol–water partition coefficient (Wildman–Crippen LogP) is 0.494. The molecule has 1 amide bonds. The number of carboxylic acid groups (broad SMARTS) is 1. The number of methoxy groups -OCH3 is 1. The molecule has 17 heavy (non-hydrogen) atoms. The van der Waals surface area contributed by atoms with E-state index in [1.165, 1.54) is 11.3 Å². The van der Waals surface area contributed by atoms with Crippen molar-refractivity contribution in [3.05, 3.63) is 22.4 Å². The first kappa shape index (κ1) is 13.2. The molecule has 0 saturated heterocycles. The highest BCUT2D eigenvalue weighted by Gasteiger charge is 2.24. The minimum absolute atomic E-state index is 0.390. The molecule has 0 bridgehead atoms. The zero-order chi connectivity index (χ0) is 12.8. The summed E-state index contributed by atoms with van der Waals surface area (Å²) in [4.78, 5) is 33.8. The van der Waals surface area contributed by atoms with Gasteiger partial charge in [-0.3, -0.25) is 9.59 Å². The van der Waals surface area contributed by atoms with E-state index in [0.29, 0.717) is 4.88 Å². The molecule has 0 aliphatic heterocycles. The lowest BCUT2D eigenvalue weighted by molar-refractivity contribution is -0.147. The number of thiophene rings is 1. The predicted molar refractivity (Wildman–Crippen MR) is 59.8 cm³/mol. The number of carboxylic acids is 1. The summed E-state index contributed by atoms with van der Waals surface area (Å²) in [6.45, 7) is 0. The van der Waals surface area contributed by atoms with E-state index in [0.717, 1.165) is 7.11 Å². The smallest absolute Gasteiger partial charge is 0.326 e. The monoisotopic (exact) mass is 257 g/mol. The van der Waals surface area contributed by atoms with Crippen LogP contribution in [0.4, 0.5) is 0 Å². The molecule has 0 aromatic carbocycles. The lowest BCUT2D eigenvalue weighted by atomic mass is 10.2. The van der Waals surface area contributed by atoms with Gasteiger partial charge in [0.05, 0.1) is 18.4 Å². The van der Waals surface area contributed by atoms with Crippen LogP contribution in [-0.4, -0.2) is 36.1 Å². The van der Waals surface area contributed by atoms with Crippen molar-refractivity contribution in [2.45, 2.75) is 12.5 Å². The highest BCUT2D eigenvalue weighted by atomic mass is 32.1. The van der Waals surface area contributed by atoms with Crippen LogP contribution in [0.5, 0.6) is 0 Å². The van der Waals surface area contributed by atoms with Crippen molar-refractivity contribution in [2.24, 2.45) is 0 Å². The van der Waals surface area contributed by atoms with E-state index in [2.05, 4.69) is 10.1 Å². The Hall–Kier alpha value is -1.89. The number of nitrogens with one attached hydrogen (secondary N) is 1. The number of carbonyl (C=O) groups is 3. The number of aliphatic carboxylic acids is 1. The molecule has 1 rings (SSSR count). The van der Waals surface area contributed by atoms with Gasteiger partial charge in [-0.05, 0) is 11.4 Å². The van der Waals surface area contributed by atoms with E-state index in [4.69, 9.17) is 5.11 Å². The van der Waals surface area contributed by atoms with Crippen molar-refractivity contribution >= 4 is 29.2 Å². The number of rotatable bonds is 5. The van der Waals surface area contributed by atoms with E-state index in [9.17, 15) is 14.4 Å². The third kappa shape index (κ3) is 3.87. The molecular weight excluding hydrogens is 246 g/mol. The summed E-state index contributed by atoms with van der Waals surface area (Å²) in [5.74, 6) is -2.49. The summed E-state index contributed by atoms with van der Waals surface area (Å²) in [5, 5.41) is 12.8. The normalized spacial score (nSPS) is 11.6. The van der Waals surface area contributed by atoms with Crippen LogP contribution in [-0.2, 0) is 14.3 Å². The van der Waals surface area contributed by atoms with E-state index < -0.39 is 30.3 Å². The Morgan fingerprint density at radius 1 is 1.53 bits per heavy atom. The second-order valence-corrected chi connectivity index (χ2v) is 4.07. The van der Waals surface area contributed by atoms with Gasteiger partial charge in [0.2, 0.25) is 0 Å². The van der Waals surface area contributed by atoms with Crippen LogP contribution < -0.4 is 5.32 Å². The first-order valence-electron chi connectivity index (χ1n) is 4.68. The molecule has 92 valence electrons. The SMILES string of the molecule is COC(=O)C[C@H](NC(=O)c1cccs1)C(=O)O. The maximum Gasteiger partial charge on any atom is 0.326 e. The molecule has 1 atom stereocenters. The second-order valence-electron chi connectivity index (χ2n) is 3.12. The Labute approximate surface area is 101 Å². The molecule has 2 N–H and O–H groups in total. The van der Waals surface area contributed by atoms with Gasteiger partial charge >= 0.3 is 11.9 Å². The fraction of sp³-hybridized carbons (Fsp3) is 0.300. The lowest BCUT2D eigenvalue weighted by Gasteiger charge is -2.12. The van der Waals surface area contributed by atoms with Crippen molar-refractivity contribution in [3.63, 3.8) is 0 Å². The Bertz CT molecular complexity index is 414. The highest BCUT2D eigenvalue weighted by molar-refractivity contribution is 7.12. The Morgan fingerprint density at radius 2 is 2.24 bits per heavy atom. The van der Waals surface area contributed by atoms with Crippen molar-refractivity contribution in [1.29, 1.82) is 0 Å². The number of carbonyl (C=O) groups excluding carboxylic acids is 2. The van der Waals surface area contributed by atoms with Gasteiger partial charge in [0.15, 0.2) is 0 Å². The molecule has 1 aromatic rings. The zero-order valence-electron chi connectivity index (χ0n) is 9.00. The van der Waals surface area contributed by atoms with Gasteiger partial charge in [-0.25, -0.2) is 4.79 Å². The van der Waals surface area contributed by atoms with Crippen LogP contribution in [0.2, 0.25) is 0 Å². The largest absolute Gasteiger partial charge is 0.480 e. The molecule has 7 heteroatoms. The summed E-state index contributed by atoms with van der Waals surface area (Å²) < 4.78 is 4.35. The average Bonchev–Trinajstić information content (AvgIpc) is 2.81. The van der Waals surface area contributed by atoms with Crippen molar-refractivity contribution in [1.82, 2.24) is 5.32 Å². The fourth-order valence-corrected chi connectivity index (χ4v) is 1.71. The van der Waals surface area contributed by atoms with E-state index in [1.807, 2.05) is 0 Å². The van der Waals surface area contributed by atoms with Crippen LogP contribution in [0, 0.1) is 0 Å². The van der Waals surface area contributed by atoms with Crippen molar-refractivity contribution in [3.8, 4) is 0 Å². The fourth-order valence-electron chi connectivity index (χ4n) is 1.09. The molecule has 0 fully saturated rings. The van der Waals surface area contributed by atoms with E-state index in [1.54, 1.807) is 17.5 Å². The summed E-state index contributed by atoms with van der Waals surface area (Å²) in [5.41, 5.74) is 0. The van der Waals surface area contributed by atoms with E-state index >= 15 is 0 Å². The molecule has 0 spiro atoms. The van der Waals surface area contributed by atoms with Gasteiger partial charge < -0.3 is 15.2 Å². The number of hydrogen-bond acceptors (Lipinski definition) is 5. The maximum atomic E-state index is 11.6. The minimum atomic E-state index is -1.28. The molecule has 0 radical (unpaired) electrons. The van der Waals surface area contributed by atoms with Gasteiger partial charge in [-0.1, -0.05) is 6.07 Å². The molecule has 6 nitrogen and oxygen atoms in total. The summed E-state index contributed by atoms with van der Waals surface area (Å²) in [6.07, 6.45) is -0.400. The Morgan fingerprint density at radius 3 is 2.71 bits per heavy atom. The average molecular weight is 257 g/mol. The minimum Gasteiger partial charge on any atom is -0.480 e. The van der Waals surface area contributed by atoms with Gasteiger partial charge in [-0.15, -0.1) is 11.3 Å². The zero-order valence-corrected chi connectivity index (χ0v) is 9.82. The number of ether oxygens (including phenoxy) is 1. The number of amides is 1. The summed E-state index contributed by atoms with van der Waals surface area (Å²) in [7, 11) is 1.16. The highest BCUT2D eigenvalue weighted by Crippen LogP contribution is 2.08. The van der Waals surface area contributed by atoms with Gasteiger partial charge in [0.25, 0.3) is 5.91 Å². The second kappa shape index (κ2) is 6.00. The first-order valence-corrected chi connectivity index (χ1v) is 5.56. The maximum absolute atomic E-state index is 11.6. The van der Waals surface area contributed by atoms with Crippen molar-refractivity contribution < 1.29 is 24.2 Å². The third-order valence-electron chi connectivity index (χ3n) is 1.95. The van der Waals surface area contributed by atoms with Crippen LogP contribution in [0.1, 0.15) is 16.1 Å².